The molecule has 0 aromatic rings. The zero-order valence-electron chi connectivity index (χ0n) is 12.4. The number of fused-ring (bicyclic) bond motifs is 2. The monoisotopic (exact) mass is 286 g/mol. The Morgan fingerprint density at radius 2 is 1.67 bits per heavy atom. The van der Waals surface area contributed by atoms with Crippen molar-refractivity contribution in [2.45, 2.75) is 64.5 Å². The third-order valence-electron chi connectivity index (χ3n) is 5.09. The summed E-state index contributed by atoms with van der Waals surface area (Å²) >= 11 is 0. The Hall–Kier alpha value is 0.860. The van der Waals surface area contributed by atoms with Crippen LogP contribution < -0.4 is 0 Å². The maximum atomic E-state index is 2.34. The van der Waals surface area contributed by atoms with Gasteiger partial charge in [0.15, 0.2) is 0 Å². The van der Waals surface area contributed by atoms with Gasteiger partial charge < -0.3 is 0 Å². The minimum absolute atomic E-state index is 1.16. The summed E-state index contributed by atoms with van der Waals surface area (Å²) < 4.78 is 0. The van der Waals surface area contributed by atoms with Gasteiger partial charge in [-0.1, -0.05) is 26.7 Å². The molecule has 6 atom stereocenters. The summed E-state index contributed by atoms with van der Waals surface area (Å²) in [7, 11) is 2.59. The van der Waals surface area contributed by atoms with Crippen LogP contribution in [0.25, 0.3) is 0 Å². The molecule has 0 aromatic heterocycles. The molecule has 2 rings (SSSR count). The van der Waals surface area contributed by atoms with Gasteiger partial charge in [-0.05, 0) is 74.0 Å². The SMILES string of the molecule is CCCCPC[C@H]1C2CCC(C2)[C@H]1PCCCC. The second-order valence-electron chi connectivity index (χ2n) is 6.39. The molecule has 106 valence electrons. The first-order chi connectivity index (χ1) is 8.86. The van der Waals surface area contributed by atoms with Crippen molar-refractivity contribution in [1.82, 2.24) is 0 Å². The third kappa shape index (κ3) is 3.93. The predicted molar refractivity (Wildman–Crippen MR) is 89.2 cm³/mol. The average molecular weight is 286 g/mol. The summed E-state index contributed by atoms with van der Waals surface area (Å²) in [5.74, 6) is 3.48. The fraction of sp³-hybridized carbons (Fsp3) is 1.00. The molecule has 18 heavy (non-hydrogen) atoms. The Kier molecular flexibility index (Phi) is 6.96. The quantitative estimate of drug-likeness (QED) is 0.395. The highest BCUT2D eigenvalue weighted by Crippen LogP contribution is 2.56. The Morgan fingerprint density at radius 3 is 2.44 bits per heavy atom. The van der Waals surface area contributed by atoms with Crippen LogP contribution in [0.4, 0.5) is 0 Å². The minimum atomic E-state index is 1.16. The van der Waals surface area contributed by atoms with Crippen molar-refractivity contribution in [3.05, 3.63) is 0 Å². The highest BCUT2D eigenvalue weighted by molar-refractivity contribution is 7.39. The van der Waals surface area contributed by atoms with Crippen LogP contribution in [0.3, 0.4) is 0 Å². The Balaban J connectivity index is 1.74. The molecule has 0 aromatic carbocycles. The van der Waals surface area contributed by atoms with Crippen molar-refractivity contribution in [3.63, 3.8) is 0 Å². The summed E-state index contributed by atoms with van der Waals surface area (Å²) in [6, 6.07) is 0. The molecular weight excluding hydrogens is 254 g/mol. The first-order valence-corrected chi connectivity index (χ1v) is 11.0. The molecule has 0 saturated heterocycles. The van der Waals surface area contributed by atoms with E-state index in [4.69, 9.17) is 0 Å². The Bertz CT molecular complexity index is 229. The van der Waals surface area contributed by atoms with E-state index in [0.717, 1.165) is 17.8 Å². The van der Waals surface area contributed by atoms with Gasteiger partial charge in [0.25, 0.3) is 0 Å². The fourth-order valence-electron chi connectivity index (χ4n) is 4.04. The van der Waals surface area contributed by atoms with Gasteiger partial charge in [-0.25, -0.2) is 0 Å². The van der Waals surface area contributed by atoms with Crippen LogP contribution in [0.2, 0.25) is 0 Å². The maximum Gasteiger partial charge on any atom is -0.0174 e. The zero-order chi connectivity index (χ0) is 12.8. The lowest BCUT2D eigenvalue weighted by atomic mass is 9.90. The maximum absolute atomic E-state index is 2.34. The lowest BCUT2D eigenvalue weighted by Gasteiger charge is -2.31. The standard InChI is InChI=1S/C16H32P2/c1-3-5-9-17-12-15-13-7-8-14(11-13)16(15)18-10-6-4-2/h13-18H,3-12H2,1-2H3/t13?,14?,15-,16+/m0/s1. The van der Waals surface area contributed by atoms with E-state index in [9.17, 15) is 0 Å². The first-order valence-electron chi connectivity index (χ1n) is 8.30. The number of hydrogen-bond donors (Lipinski definition) is 0. The Morgan fingerprint density at radius 1 is 0.944 bits per heavy atom. The predicted octanol–water partition coefficient (Wildman–Crippen LogP) is 5.36. The molecule has 0 radical (unpaired) electrons. The molecule has 2 aliphatic rings. The van der Waals surface area contributed by atoms with Gasteiger partial charge in [-0.3, -0.25) is 0 Å². The van der Waals surface area contributed by atoms with Crippen molar-refractivity contribution >= 4 is 17.2 Å². The van der Waals surface area contributed by atoms with Crippen molar-refractivity contribution in [2.24, 2.45) is 17.8 Å². The zero-order valence-corrected chi connectivity index (χ0v) is 14.4. The molecule has 0 N–H and O–H groups in total. The molecule has 0 spiro atoms. The normalized spacial score (nSPS) is 35.7. The van der Waals surface area contributed by atoms with Gasteiger partial charge in [0.1, 0.15) is 0 Å². The molecular formula is C16H32P2. The molecule has 2 aliphatic carbocycles. The van der Waals surface area contributed by atoms with Crippen molar-refractivity contribution < 1.29 is 0 Å². The highest BCUT2D eigenvalue weighted by atomic mass is 31.1. The molecule has 0 heterocycles. The lowest BCUT2D eigenvalue weighted by Crippen LogP contribution is -2.26. The Labute approximate surface area is 118 Å². The van der Waals surface area contributed by atoms with Crippen molar-refractivity contribution in [1.29, 1.82) is 0 Å². The van der Waals surface area contributed by atoms with Gasteiger partial charge in [-0.2, -0.15) is 0 Å². The summed E-state index contributed by atoms with van der Waals surface area (Å²) in [4.78, 5) is 0. The summed E-state index contributed by atoms with van der Waals surface area (Å²) in [6.07, 6.45) is 15.2. The van der Waals surface area contributed by atoms with E-state index < -0.39 is 0 Å². The number of hydrogen-bond acceptors (Lipinski definition) is 0. The van der Waals surface area contributed by atoms with E-state index in [1.807, 2.05) is 0 Å². The average Bonchev–Trinajstić information content (AvgIpc) is 2.97. The highest BCUT2D eigenvalue weighted by Gasteiger charge is 2.46. The van der Waals surface area contributed by atoms with E-state index in [-0.39, 0.29) is 0 Å². The molecule has 2 fully saturated rings. The minimum Gasteiger partial charge on any atom is -0.122 e. The molecule has 2 heteroatoms. The van der Waals surface area contributed by atoms with Crippen molar-refractivity contribution in [2.75, 3.05) is 18.5 Å². The fourth-order valence-corrected chi connectivity index (χ4v) is 8.22. The smallest absolute Gasteiger partial charge is 0.0174 e. The van der Waals surface area contributed by atoms with Gasteiger partial charge in [-0.15, -0.1) is 17.2 Å². The first kappa shape index (κ1) is 15.3. The summed E-state index contributed by atoms with van der Waals surface area (Å²) in [5.41, 5.74) is 1.17. The topological polar surface area (TPSA) is 0 Å². The largest absolute Gasteiger partial charge is 0.122 e. The summed E-state index contributed by atoms with van der Waals surface area (Å²) in [5, 5.41) is 0. The molecule has 0 nitrogen and oxygen atoms in total. The van der Waals surface area contributed by atoms with Gasteiger partial charge >= 0.3 is 0 Å². The van der Waals surface area contributed by atoms with Crippen LogP contribution in [0.1, 0.15) is 58.8 Å². The molecule has 2 bridgehead atoms. The van der Waals surface area contributed by atoms with E-state index in [2.05, 4.69) is 13.8 Å². The van der Waals surface area contributed by atoms with Crippen LogP contribution in [0.5, 0.6) is 0 Å². The number of unbranched alkanes of at least 4 members (excludes halogenated alkanes) is 2. The van der Waals surface area contributed by atoms with Crippen molar-refractivity contribution in [3.8, 4) is 0 Å². The van der Waals surface area contributed by atoms with E-state index in [0.29, 0.717) is 0 Å². The van der Waals surface area contributed by atoms with Gasteiger partial charge in [0.2, 0.25) is 0 Å². The third-order valence-corrected chi connectivity index (χ3v) is 8.57. The molecule has 0 amide bonds. The van der Waals surface area contributed by atoms with Crippen LogP contribution in [0.15, 0.2) is 0 Å². The van der Waals surface area contributed by atoms with Gasteiger partial charge in [0, 0.05) is 0 Å². The van der Waals surface area contributed by atoms with E-state index in [1.54, 1.807) is 31.6 Å². The lowest BCUT2D eigenvalue weighted by molar-refractivity contribution is 0.373. The second kappa shape index (κ2) is 8.21. The summed E-state index contributed by atoms with van der Waals surface area (Å²) in [6.45, 7) is 4.67. The second-order valence-corrected chi connectivity index (χ2v) is 9.37. The van der Waals surface area contributed by atoms with Gasteiger partial charge in [0.05, 0.1) is 0 Å². The van der Waals surface area contributed by atoms with Crippen LogP contribution in [-0.2, 0) is 0 Å². The molecule has 4 unspecified atom stereocenters. The molecule has 2 saturated carbocycles. The van der Waals surface area contributed by atoms with Crippen LogP contribution in [-0.4, -0.2) is 24.1 Å². The van der Waals surface area contributed by atoms with Crippen LogP contribution in [0, 0.1) is 17.8 Å². The molecule has 0 aliphatic heterocycles. The van der Waals surface area contributed by atoms with E-state index >= 15 is 0 Å². The number of rotatable bonds is 9. The van der Waals surface area contributed by atoms with E-state index in [1.165, 1.54) is 54.7 Å². The van der Waals surface area contributed by atoms with Crippen LogP contribution >= 0.6 is 17.2 Å².